The van der Waals surface area contributed by atoms with Gasteiger partial charge in [0.15, 0.2) is 0 Å². The molecule has 2 heterocycles. The van der Waals surface area contributed by atoms with E-state index in [1.54, 1.807) is 17.3 Å². The van der Waals surface area contributed by atoms with Crippen molar-refractivity contribution in [2.75, 3.05) is 13.1 Å². The van der Waals surface area contributed by atoms with Crippen molar-refractivity contribution >= 4 is 5.91 Å². The van der Waals surface area contributed by atoms with Gasteiger partial charge in [-0.25, -0.2) is 0 Å². The Morgan fingerprint density at radius 3 is 2.56 bits per heavy atom. The maximum atomic E-state index is 13.1. The van der Waals surface area contributed by atoms with Crippen LogP contribution in [0.5, 0.6) is 0 Å². The molecule has 0 bridgehead atoms. The quantitative estimate of drug-likeness (QED) is 0.923. The summed E-state index contributed by atoms with van der Waals surface area (Å²) in [6.07, 6.45) is -1.01. The van der Waals surface area contributed by atoms with Gasteiger partial charge in [-0.05, 0) is 28.8 Å². The molecule has 7 heteroatoms. The molecule has 0 spiro atoms. The van der Waals surface area contributed by atoms with Crippen molar-refractivity contribution < 1.29 is 18.0 Å². The number of amides is 1. The number of hydrogen-bond acceptors (Lipinski definition) is 3. The van der Waals surface area contributed by atoms with E-state index in [0.29, 0.717) is 6.54 Å². The fourth-order valence-electron chi connectivity index (χ4n) is 3.28. The van der Waals surface area contributed by atoms with Gasteiger partial charge in [-0.15, -0.1) is 0 Å². The van der Waals surface area contributed by atoms with E-state index in [-0.39, 0.29) is 13.1 Å². The summed E-state index contributed by atoms with van der Waals surface area (Å²) in [7, 11) is 0. The van der Waals surface area contributed by atoms with Gasteiger partial charge in [-0.3, -0.25) is 14.7 Å². The third-order valence-electron chi connectivity index (χ3n) is 4.51. The minimum atomic E-state index is -4.42. The lowest BCUT2D eigenvalue weighted by atomic mass is 9.95. The van der Waals surface area contributed by atoms with Gasteiger partial charge in [0.05, 0.1) is 11.8 Å². The van der Waals surface area contributed by atoms with Gasteiger partial charge in [0.2, 0.25) is 5.91 Å². The highest BCUT2D eigenvalue weighted by molar-refractivity contribution is 5.77. The first-order valence-corrected chi connectivity index (χ1v) is 7.92. The Balaban J connectivity index is 1.76. The molecule has 1 saturated heterocycles. The second-order valence-electron chi connectivity index (χ2n) is 6.29. The van der Waals surface area contributed by atoms with Gasteiger partial charge in [-0.1, -0.05) is 24.3 Å². The van der Waals surface area contributed by atoms with E-state index in [2.05, 4.69) is 4.98 Å². The van der Waals surface area contributed by atoms with Crippen LogP contribution in [0.1, 0.15) is 5.56 Å². The van der Waals surface area contributed by atoms with Crippen LogP contribution in [-0.2, 0) is 11.3 Å². The number of primary amides is 1. The number of likely N-dealkylation sites (tertiary alicyclic amines) is 1. The van der Waals surface area contributed by atoms with E-state index in [1.807, 2.05) is 36.4 Å². The molecule has 4 nitrogen and oxygen atoms in total. The monoisotopic (exact) mass is 349 g/mol. The lowest BCUT2D eigenvalue weighted by Crippen LogP contribution is -2.37. The predicted octanol–water partition coefficient (Wildman–Crippen LogP) is 2.84. The molecule has 2 N–H and O–H groups in total. The fraction of sp³-hybridized carbons (Fsp3) is 0.333. The number of halogens is 3. The van der Waals surface area contributed by atoms with Crippen LogP contribution in [0.15, 0.2) is 48.8 Å². The summed E-state index contributed by atoms with van der Waals surface area (Å²) in [6.45, 7) is 0.148. The van der Waals surface area contributed by atoms with Crippen LogP contribution in [0.2, 0.25) is 0 Å². The molecule has 0 aliphatic carbocycles. The molecule has 0 radical (unpaired) electrons. The Hall–Kier alpha value is -2.41. The molecule has 2 aromatic rings. The lowest BCUT2D eigenvalue weighted by molar-refractivity contribution is -0.182. The van der Waals surface area contributed by atoms with E-state index in [9.17, 15) is 18.0 Å². The molecule has 1 aromatic carbocycles. The van der Waals surface area contributed by atoms with E-state index >= 15 is 0 Å². The lowest BCUT2D eigenvalue weighted by Gasteiger charge is -2.19. The summed E-state index contributed by atoms with van der Waals surface area (Å²) in [5.74, 6) is -3.79. The number of alkyl halides is 3. The smallest absolute Gasteiger partial charge is 0.369 e. The molecule has 1 amide bonds. The van der Waals surface area contributed by atoms with Crippen molar-refractivity contribution in [3.63, 3.8) is 0 Å². The van der Waals surface area contributed by atoms with Crippen molar-refractivity contribution in [1.29, 1.82) is 0 Å². The van der Waals surface area contributed by atoms with Crippen LogP contribution in [0.4, 0.5) is 13.2 Å². The van der Waals surface area contributed by atoms with Crippen molar-refractivity contribution in [3.8, 4) is 11.1 Å². The molecule has 1 aliphatic rings. The Morgan fingerprint density at radius 1 is 1.20 bits per heavy atom. The highest BCUT2D eigenvalue weighted by Crippen LogP contribution is 2.38. The first-order valence-electron chi connectivity index (χ1n) is 7.92. The van der Waals surface area contributed by atoms with Gasteiger partial charge in [0.1, 0.15) is 0 Å². The average Bonchev–Trinajstić information content (AvgIpc) is 3.00. The zero-order valence-electron chi connectivity index (χ0n) is 13.4. The molecule has 0 unspecified atom stereocenters. The molecule has 1 aliphatic heterocycles. The SMILES string of the molecule is NC(=O)[C@@H]1CN(Cc2cccc(-c3cccnc3)c2)C[C@H]1C(F)(F)F. The van der Waals surface area contributed by atoms with E-state index in [0.717, 1.165) is 16.7 Å². The molecule has 2 atom stereocenters. The van der Waals surface area contributed by atoms with Crippen molar-refractivity contribution in [1.82, 2.24) is 9.88 Å². The fourth-order valence-corrected chi connectivity index (χ4v) is 3.28. The number of hydrogen-bond donors (Lipinski definition) is 1. The van der Waals surface area contributed by atoms with E-state index in [4.69, 9.17) is 5.73 Å². The van der Waals surface area contributed by atoms with Gasteiger partial charge in [-0.2, -0.15) is 13.2 Å². The van der Waals surface area contributed by atoms with Gasteiger partial charge < -0.3 is 5.73 Å². The number of nitrogens with zero attached hydrogens (tertiary/aromatic N) is 2. The van der Waals surface area contributed by atoms with E-state index < -0.39 is 23.9 Å². The van der Waals surface area contributed by atoms with E-state index in [1.165, 1.54) is 0 Å². The third-order valence-corrected chi connectivity index (χ3v) is 4.51. The Kier molecular flexibility index (Phi) is 4.76. The summed E-state index contributed by atoms with van der Waals surface area (Å²) >= 11 is 0. The first-order chi connectivity index (χ1) is 11.8. The molecule has 132 valence electrons. The first kappa shape index (κ1) is 17.4. The molecular weight excluding hydrogens is 331 g/mol. The average molecular weight is 349 g/mol. The van der Waals surface area contributed by atoms with Gasteiger partial charge in [0.25, 0.3) is 0 Å². The number of nitrogens with two attached hydrogens (primary N) is 1. The van der Waals surface area contributed by atoms with Crippen LogP contribution < -0.4 is 5.73 Å². The number of aromatic nitrogens is 1. The van der Waals surface area contributed by atoms with Crippen molar-refractivity contribution in [3.05, 3.63) is 54.4 Å². The van der Waals surface area contributed by atoms with Crippen molar-refractivity contribution in [2.45, 2.75) is 12.7 Å². The Bertz CT molecular complexity index is 749. The van der Waals surface area contributed by atoms with Crippen LogP contribution in [0.25, 0.3) is 11.1 Å². The molecule has 1 fully saturated rings. The summed E-state index contributed by atoms with van der Waals surface area (Å²) in [6, 6.07) is 11.3. The molecule has 1 aromatic heterocycles. The number of carbonyl (C=O) groups is 1. The second-order valence-corrected chi connectivity index (χ2v) is 6.29. The normalized spacial score (nSPS) is 21.4. The predicted molar refractivity (Wildman–Crippen MR) is 87.2 cm³/mol. The number of rotatable bonds is 4. The second kappa shape index (κ2) is 6.84. The van der Waals surface area contributed by atoms with Crippen LogP contribution in [0.3, 0.4) is 0 Å². The minimum absolute atomic E-state index is 0.0244. The molecule has 3 rings (SSSR count). The zero-order chi connectivity index (χ0) is 18.0. The topological polar surface area (TPSA) is 59.2 Å². The van der Waals surface area contributed by atoms with Crippen molar-refractivity contribution in [2.24, 2.45) is 17.6 Å². The highest BCUT2D eigenvalue weighted by Gasteiger charge is 2.51. The molecular formula is C18H18F3N3O. The molecule has 25 heavy (non-hydrogen) atoms. The minimum Gasteiger partial charge on any atom is -0.369 e. The Morgan fingerprint density at radius 2 is 1.96 bits per heavy atom. The third kappa shape index (κ3) is 3.99. The number of pyridine rings is 1. The van der Waals surface area contributed by atoms with Crippen LogP contribution in [-0.4, -0.2) is 35.1 Å². The summed E-state index contributed by atoms with van der Waals surface area (Å²) in [5.41, 5.74) is 7.94. The highest BCUT2D eigenvalue weighted by atomic mass is 19.4. The zero-order valence-corrected chi connectivity index (χ0v) is 13.4. The maximum Gasteiger partial charge on any atom is 0.393 e. The Labute approximate surface area is 143 Å². The van der Waals surface area contributed by atoms with Crippen LogP contribution in [0, 0.1) is 11.8 Å². The number of benzene rings is 1. The molecule has 0 saturated carbocycles. The number of carbonyl (C=O) groups excluding carboxylic acids is 1. The largest absolute Gasteiger partial charge is 0.393 e. The van der Waals surface area contributed by atoms with Crippen LogP contribution >= 0.6 is 0 Å². The van der Waals surface area contributed by atoms with Gasteiger partial charge in [0, 0.05) is 32.0 Å². The summed E-state index contributed by atoms with van der Waals surface area (Å²) < 4.78 is 39.4. The van der Waals surface area contributed by atoms with Gasteiger partial charge >= 0.3 is 6.18 Å². The summed E-state index contributed by atoms with van der Waals surface area (Å²) in [4.78, 5) is 17.1. The standard InChI is InChI=1S/C18H18F3N3O/c19-18(20,21)16-11-24(10-15(16)17(22)25)9-12-3-1-4-13(7-12)14-5-2-6-23-8-14/h1-8,15-16H,9-11H2,(H2,22,25)/t15-,16-/m1/s1. The maximum absolute atomic E-state index is 13.1. The summed E-state index contributed by atoms with van der Waals surface area (Å²) in [5, 5.41) is 0.